The third kappa shape index (κ3) is 9.79. The van der Waals surface area contributed by atoms with Gasteiger partial charge in [-0.2, -0.15) is 0 Å². The SMILES string of the molecule is CCNC(=NCCCN(C)C1CCCCC1)N(C)CCC1CCOCC1.I. The summed E-state index contributed by atoms with van der Waals surface area (Å²) in [7, 11) is 4.47. The summed E-state index contributed by atoms with van der Waals surface area (Å²) in [5.41, 5.74) is 0. The van der Waals surface area contributed by atoms with E-state index in [1.165, 1.54) is 57.9 Å². The summed E-state index contributed by atoms with van der Waals surface area (Å²) < 4.78 is 5.47. The molecular formula is C21H43IN4O. The van der Waals surface area contributed by atoms with Gasteiger partial charge in [0.25, 0.3) is 0 Å². The molecule has 5 nitrogen and oxygen atoms in total. The Bertz CT molecular complexity index is 396. The molecule has 1 aliphatic carbocycles. The predicted molar refractivity (Wildman–Crippen MR) is 126 cm³/mol. The van der Waals surface area contributed by atoms with E-state index in [0.29, 0.717) is 0 Å². The third-order valence-electron chi connectivity index (χ3n) is 6.04. The van der Waals surface area contributed by atoms with Crippen molar-refractivity contribution in [2.75, 3.05) is 53.5 Å². The van der Waals surface area contributed by atoms with Crippen molar-refractivity contribution >= 4 is 29.9 Å². The van der Waals surface area contributed by atoms with E-state index in [4.69, 9.17) is 9.73 Å². The molecule has 0 aromatic rings. The lowest BCUT2D eigenvalue weighted by atomic mass is 9.94. The van der Waals surface area contributed by atoms with Gasteiger partial charge in [-0.05, 0) is 65.0 Å². The highest BCUT2D eigenvalue weighted by Crippen LogP contribution is 2.21. The molecule has 2 aliphatic rings. The molecule has 27 heavy (non-hydrogen) atoms. The highest BCUT2D eigenvalue weighted by atomic mass is 127. The predicted octanol–water partition coefficient (Wildman–Crippen LogP) is 3.97. The van der Waals surface area contributed by atoms with Crippen LogP contribution in [0.2, 0.25) is 0 Å². The maximum Gasteiger partial charge on any atom is 0.193 e. The lowest BCUT2D eigenvalue weighted by Gasteiger charge is -2.31. The highest BCUT2D eigenvalue weighted by Gasteiger charge is 2.17. The fourth-order valence-electron chi connectivity index (χ4n) is 4.20. The van der Waals surface area contributed by atoms with Gasteiger partial charge in [0.2, 0.25) is 0 Å². The molecule has 1 saturated carbocycles. The van der Waals surface area contributed by atoms with E-state index in [2.05, 4.69) is 36.1 Å². The van der Waals surface area contributed by atoms with Crippen LogP contribution in [-0.4, -0.2) is 75.3 Å². The first-order valence-corrected chi connectivity index (χ1v) is 11.0. The zero-order chi connectivity index (χ0) is 18.6. The van der Waals surface area contributed by atoms with E-state index in [0.717, 1.165) is 57.2 Å². The Kier molecular flexibility index (Phi) is 13.7. The average Bonchev–Trinajstić information content (AvgIpc) is 2.69. The average molecular weight is 495 g/mol. The quantitative estimate of drug-likeness (QED) is 0.228. The number of nitrogens with one attached hydrogen (secondary N) is 1. The maximum atomic E-state index is 5.47. The molecule has 0 unspecified atom stereocenters. The lowest BCUT2D eigenvalue weighted by Crippen LogP contribution is -2.40. The Labute approximate surface area is 184 Å². The normalized spacial score (nSPS) is 19.8. The Morgan fingerprint density at radius 3 is 2.41 bits per heavy atom. The number of halogens is 1. The van der Waals surface area contributed by atoms with Gasteiger partial charge in [-0.3, -0.25) is 4.99 Å². The van der Waals surface area contributed by atoms with Crippen molar-refractivity contribution in [2.45, 2.75) is 70.8 Å². The van der Waals surface area contributed by atoms with Crippen LogP contribution < -0.4 is 5.32 Å². The van der Waals surface area contributed by atoms with Crippen LogP contribution in [0.5, 0.6) is 0 Å². The molecular weight excluding hydrogens is 451 g/mol. The second-order valence-electron chi connectivity index (χ2n) is 8.13. The van der Waals surface area contributed by atoms with Crippen molar-refractivity contribution in [3.63, 3.8) is 0 Å². The molecule has 0 bridgehead atoms. The first-order valence-electron chi connectivity index (χ1n) is 11.0. The van der Waals surface area contributed by atoms with Crippen LogP contribution in [0.15, 0.2) is 4.99 Å². The minimum absolute atomic E-state index is 0. The van der Waals surface area contributed by atoms with Gasteiger partial charge < -0.3 is 19.9 Å². The summed E-state index contributed by atoms with van der Waals surface area (Å²) in [6, 6.07) is 0.808. The number of aliphatic imine (C=N–C) groups is 1. The molecule has 1 aliphatic heterocycles. The molecule has 2 rings (SSSR count). The minimum atomic E-state index is 0. The number of rotatable bonds is 9. The Morgan fingerprint density at radius 1 is 1.04 bits per heavy atom. The third-order valence-corrected chi connectivity index (χ3v) is 6.04. The van der Waals surface area contributed by atoms with Gasteiger partial charge >= 0.3 is 0 Å². The zero-order valence-electron chi connectivity index (χ0n) is 17.9. The van der Waals surface area contributed by atoms with Crippen molar-refractivity contribution < 1.29 is 4.74 Å². The van der Waals surface area contributed by atoms with Crippen molar-refractivity contribution in [3.05, 3.63) is 0 Å². The number of ether oxygens (including phenoxy) is 1. The molecule has 0 atom stereocenters. The zero-order valence-corrected chi connectivity index (χ0v) is 20.2. The number of guanidine groups is 1. The van der Waals surface area contributed by atoms with Gasteiger partial charge in [0.1, 0.15) is 0 Å². The van der Waals surface area contributed by atoms with Crippen LogP contribution in [0, 0.1) is 5.92 Å². The minimum Gasteiger partial charge on any atom is -0.381 e. The molecule has 1 N–H and O–H groups in total. The molecule has 6 heteroatoms. The van der Waals surface area contributed by atoms with Crippen molar-refractivity contribution in [2.24, 2.45) is 10.9 Å². The molecule has 2 fully saturated rings. The second kappa shape index (κ2) is 14.9. The fraction of sp³-hybridized carbons (Fsp3) is 0.952. The van der Waals surface area contributed by atoms with E-state index < -0.39 is 0 Å². The van der Waals surface area contributed by atoms with Crippen LogP contribution in [0.25, 0.3) is 0 Å². The largest absolute Gasteiger partial charge is 0.381 e. The van der Waals surface area contributed by atoms with Gasteiger partial charge in [-0.1, -0.05) is 19.3 Å². The van der Waals surface area contributed by atoms with Crippen LogP contribution in [0.1, 0.15) is 64.7 Å². The fourth-order valence-corrected chi connectivity index (χ4v) is 4.20. The molecule has 0 amide bonds. The molecule has 0 radical (unpaired) electrons. The lowest BCUT2D eigenvalue weighted by molar-refractivity contribution is 0.0625. The number of hydrogen-bond donors (Lipinski definition) is 1. The maximum absolute atomic E-state index is 5.47. The van der Waals surface area contributed by atoms with E-state index in [1.54, 1.807) is 0 Å². The first kappa shape index (κ1) is 25.0. The monoisotopic (exact) mass is 494 g/mol. The van der Waals surface area contributed by atoms with E-state index in [9.17, 15) is 0 Å². The first-order chi connectivity index (χ1) is 12.7. The van der Waals surface area contributed by atoms with Gasteiger partial charge in [0.05, 0.1) is 0 Å². The number of nitrogens with zero attached hydrogens (tertiary/aromatic N) is 3. The van der Waals surface area contributed by atoms with Gasteiger partial charge in [0, 0.05) is 45.9 Å². The van der Waals surface area contributed by atoms with Crippen molar-refractivity contribution in [1.82, 2.24) is 15.1 Å². The summed E-state index contributed by atoms with van der Waals surface area (Å²) in [6.07, 6.45) is 11.9. The summed E-state index contributed by atoms with van der Waals surface area (Å²) in [4.78, 5) is 9.75. The molecule has 1 saturated heterocycles. The Morgan fingerprint density at radius 2 is 1.74 bits per heavy atom. The second-order valence-corrected chi connectivity index (χ2v) is 8.13. The van der Waals surface area contributed by atoms with Gasteiger partial charge in [-0.15, -0.1) is 24.0 Å². The van der Waals surface area contributed by atoms with E-state index in [-0.39, 0.29) is 24.0 Å². The van der Waals surface area contributed by atoms with Crippen LogP contribution in [-0.2, 0) is 4.74 Å². The topological polar surface area (TPSA) is 40.1 Å². The van der Waals surface area contributed by atoms with Crippen LogP contribution >= 0.6 is 24.0 Å². The highest BCUT2D eigenvalue weighted by molar-refractivity contribution is 14.0. The van der Waals surface area contributed by atoms with Crippen LogP contribution in [0.3, 0.4) is 0 Å². The number of hydrogen-bond acceptors (Lipinski definition) is 3. The Hall–Kier alpha value is -0.0800. The van der Waals surface area contributed by atoms with Crippen molar-refractivity contribution in [1.29, 1.82) is 0 Å². The van der Waals surface area contributed by atoms with Crippen molar-refractivity contribution in [3.8, 4) is 0 Å². The van der Waals surface area contributed by atoms with E-state index >= 15 is 0 Å². The van der Waals surface area contributed by atoms with Gasteiger partial charge in [0.15, 0.2) is 5.96 Å². The summed E-state index contributed by atoms with van der Waals surface area (Å²) in [5, 5.41) is 3.46. The van der Waals surface area contributed by atoms with Gasteiger partial charge in [-0.25, -0.2) is 0 Å². The Balaban J connectivity index is 0.00000364. The molecule has 0 aromatic carbocycles. The molecule has 0 aromatic heterocycles. The smallest absolute Gasteiger partial charge is 0.193 e. The molecule has 1 heterocycles. The molecule has 0 spiro atoms. The van der Waals surface area contributed by atoms with Crippen LogP contribution in [0.4, 0.5) is 0 Å². The van der Waals surface area contributed by atoms with E-state index in [1.807, 2.05) is 0 Å². The molecule has 160 valence electrons. The summed E-state index contributed by atoms with van der Waals surface area (Å²) >= 11 is 0. The standard InChI is InChI=1S/C21H42N4O.HI/c1-4-22-21(25(3)16-11-19-12-17-26-18-13-19)23-14-8-15-24(2)20-9-6-5-7-10-20;/h19-20H,4-18H2,1-3H3,(H,22,23);1H. The summed E-state index contributed by atoms with van der Waals surface area (Å²) in [6.45, 7) is 8.13. The summed E-state index contributed by atoms with van der Waals surface area (Å²) in [5.74, 6) is 1.89.